The Hall–Kier alpha value is -2.60. The summed E-state index contributed by atoms with van der Waals surface area (Å²) in [5, 5.41) is 12.5. The highest BCUT2D eigenvalue weighted by molar-refractivity contribution is 7.80. The molecule has 0 aliphatic heterocycles. The standard InChI is InChI=1S/C17H19N3O2S/c1-12(16(21)22)11-20(17(18)23)15-9-7-14(8-10-15)19-13-5-3-2-4-6-13/h2-10,12,19H,11H2,1H3,(H2,18,23)(H,21,22)/t12-/m1/s1. The molecule has 2 rings (SSSR count). The van der Waals surface area contributed by atoms with Crippen LogP contribution in [0.4, 0.5) is 17.1 Å². The van der Waals surface area contributed by atoms with Crippen molar-refractivity contribution in [2.24, 2.45) is 11.7 Å². The molecule has 6 heteroatoms. The van der Waals surface area contributed by atoms with Crippen LogP contribution in [0.5, 0.6) is 0 Å². The van der Waals surface area contributed by atoms with Gasteiger partial charge in [0.1, 0.15) is 0 Å². The lowest BCUT2D eigenvalue weighted by molar-refractivity contribution is -0.140. The van der Waals surface area contributed by atoms with E-state index in [4.69, 9.17) is 23.1 Å². The highest BCUT2D eigenvalue weighted by Gasteiger charge is 2.18. The molecule has 2 aromatic carbocycles. The molecule has 0 saturated heterocycles. The summed E-state index contributed by atoms with van der Waals surface area (Å²) in [6.07, 6.45) is 0. The van der Waals surface area contributed by atoms with Crippen molar-refractivity contribution in [1.29, 1.82) is 0 Å². The van der Waals surface area contributed by atoms with E-state index in [2.05, 4.69) is 5.32 Å². The number of para-hydroxylation sites is 1. The molecule has 23 heavy (non-hydrogen) atoms. The Balaban J connectivity index is 2.12. The zero-order chi connectivity index (χ0) is 16.8. The predicted molar refractivity (Wildman–Crippen MR) is 97.1 cm³/mol. The molecule has 0 saturated carbocycles. The highest BCUT2D eigenvalue weighted by Crippen LogP contribution is 2.22. The number of hydrogen-bond acceptors (Lipinski definition) is 3. The third kappa shape index (κ3) is 4.69. The average Bonchev–Trinajstić information content (AvgIpc) is 2.54. The van der Waals surface area contributed by atoms with Crippen LogP contribution >= 0.6 is 12.2 Å². The second kappa shape index (κ2) is 7.60. The fourth-order valence-electron chi connectivity index (χ4n) is 2.09. The number of anilines is 3. The van der Waals surface area contributed by atoms with Gasteiger partial charge in [0, 0.05) is 23.6 Å². The maximum Gasteiger partial charge on any atom is 0.308 e. The molecule has 0 unspecified atom stereocenters. The van der Waals surface area contributed by atoms with Gasteiger partial charge in [-0.1, -0.05) is 25.1 Å². The number of nitrogens with zero attached hydrogens (tertiary/aromatic N) is 1. The van der Waals surface area contributed by atoms with Crippen LogP contribution in [0.3, 0.4) is 0 Å². The zero-order valence-corrected chi connectivity index (χ0v) is 13.6. The summed E-state index contributed by atoms with van der Waals surface area (Å²) in [4.78, 5) is 12.7. The second-order valence-corrected chi connectivity index (χ2v) is 5.64. The van der Waals surface area contributed by atoms with E-state index in [1.807, 2.05) is 54.6 Å². The Morgan fingerprint density at radius 1 is 1.17 bits per heavy atom. The quantitative estimate of drug-likeness (QED) is 0.706. The minimum Gasteiger partial charge on any atom is -0.481 e. The minimum absolute atomic E-state index is 0.155. The average molecular weight is 329 g/mol. The molecule has 0 aromatic heterocycles. The lowest BCUT2D eigenvalue weighted by atomic mass is 10.1. The Bertz CT molecular complexity index is 674. The van der Waals surface area contributed by atoms with Crippen molar-refractivity contribution in [2.45, 2.75) is 6.92 Å². The molecule has 0 aliphatic carbocycles. The molecule has 0 radical (unpaired) electrons. The van der Waals surface area contributed by atoms with Crippen LogP contribution in [-0.4, -0.2) is 22.7 Å². The number of rotatable bonds is 6. The number of thiocarbonyl (C=S) groups is 1. The molecular weight excluding hydrogens is 310 g/mol. The van der Waals surface area contributed by atoms with Crippen LogP contribution in [0.25, 0.3) is 0 Å². The topological polar surface area (TPSA) is 78.6 Å². The van der Waals surface area contributed by atoms with E-state index in [0.29, 0.717) is 0 Å². The molecule has 1 atom stereocenters. The SMILES string of the molecule is C[C@H](CN(C(N)=S)c1ccc(Nc2ccccc2)cc1)C(=O)O. The monoisotopic (exact) mass is 329 g/mol. The van der Waals surface area contributed by atoms with E-state index in [-0.39, 0.29) is 11.7 Å². The highest BCUT2D eigenvalue weighted by atomic mass is 32.1. The summed E-state index contributed by atoms with van der Waals surface area (Å²) < 4.78 is 0. The number of nitrogens with two attached hydrogens (primary N) is 1. The van der Waals surface area contributed by atoms with Crippen LogP contribution < -0.4 is 16.0 Å². The summed E-state index contributed by atoms with van der Waals surface area (Å²) in [5.41, 5.74) is 8.41. The number of carboxylic acid groups (broad SMARTS) is 1. The first-order valence-electron chi connectivity index (χ1n) is 7.19. The Morgan fingerprint density at radius 2 is 1.74 bits per heavy atom. The van der Waals surface area contributed by atoms with Crippen LogP contribution in [0.15, 0.2) is 54.6 Å². The van der Waals surface area contributed by atoms with E-state index in [1.165, 1.54) is 0 Å². The lowest BCUT2D eigenvalue weighted by Gasteiger charge is -2.25. The predicted octanol–water partition coefficient (Wildman–Crippen LogP) is 3.20. The van der Waals surface area contributed by atoms with Crippen LogP contribution in [-0.2, 0) is 4.79 Å². The number of nitrogens with one attached hydrogen (secondary N) is 1. The van der Waals surface area contributed by atoms with Gasteiger partial charge in [-0.05, 0) is 48.6 Å². The van der Waals surface area contributed by atoms with E-state index in [9.17, 15) is 4.79 Å². The third-order valence-electron chi connectivity index (χ3n) is 3.39. The van der Waals surface area contributed by atoms with Crippen molar-refractivity contribution in [3.05, 3.63) is 54.6 Å². The minimum atomic E-state index is -0.881. The van der Waals surface area contributed by atoms with E-state index in [1.54, 1.807) is 11.8 Å². The van der Waals surface area contributed by atoms with Crippen molar-refractivity contribution < 1.29 is 9.90 Å². The number of carbonyl (C=O) groups is 1. The second-order valence-electron chi connectivity index (χ2n) is 5.23. The molecule has 4 N–H and O–H groups in total. The Labute approximate surface area is 140 Å². The molecule has 0 amide bonds. The number of carboxylic acids is 1. The van der Waals surface area contributed by atoms with Gasteiger partial charge >= 0.3 is 5.97 Å². The van der Waals surface area contributed by atoms with Crippen molar-refractivity contribution in [1.82, 2.24) is 0 Å². The molecule has 2 aromatic rings. The summed E-state index contributed by atoms with van der Waals surface area (Å²) >= 11 is 5.04. The Kier molecular flexibility index (Phi) is 5.54. The van der Waals surface area contributed by atoms with E-state index < -0.39 is 11.9 Å². The van der Waals surface area contributed by atoms with Gasteiger partial charge in [0.15, 0.2) is 5.11 Å². The summed E-state index contributed by atoms with van der Waals surface area (Å²) in [5.74, 6) is -1.45. The van der Waals surface area contributed by atoms with E-state index >= 15 is 0 Å². The lowest BCUT2D eigenvalue weighted by Crippen LogP contribution is -2.40. The largest absolute Gasteiger partial charge is 0.481 e. The molecule has 120 valence electrons. The normalized spacial score (nSPS) is 11.5. The molecule has 0 bridgehead atoms. The first-order chi connectivity index (χ1) is 11.0. The van der Waals surface area contributed by atoms with Gasteiger partial charge in [0.25, 0.3) is 0 Å². The summed E-state index contributed by atoms with van der Waals surface area (Å²) in [6, 6.07) is 17.3. The smallest absolute Gasteiger partial charge is 0.308 e. The van der Waals surface area contributed by atoms with Gasteiger partial charge in [-0.15, -0.1) is 0 Å². The molecule has 0 spiro atoms. The molecular formula is C17H19N3O2S. The van der Waals surface area contributed by atoms with Gasteiger partial charge in [0.2, 0.25) is 0 Å². The van der Waals surface area contributed by atoms with Crippen molar-refractivity contribution >= 4 is 40.4 Å². The number of aliphatic carboxylic acids is 1. The van der Waals surface area contributed by atoms with Gasteiger partial charge in [-0.2, -0.15) is 0 Å². The van der Waals surface area contributed by atoms with Crippen molar-refractivity contribution in [2.75, 3.05) is 16.8 Å². The van der Waals surface area contributed by atoms with E-state index in [0.717, 1.165) is 17.1 Å². The maximum absolute atomic E-state index is 11.0. The van der Waals surface area contributed by atoms with Crippen LogP contribution in [0.1, 0.15) is 6.92 Å². The maximum atomic E-state index is 11.0. The zero-order valence-electron chi connectivity index (χ0n) is 12.8. The fourth-order valence-corrected chi connectivity index (χ4v) is 2.27. The fraction of sp³-hybridized carbons (Fsp3) is 0.176. The molecule has 0 fully saturated rings. The van der Waals surface area contributed by atoms with Crippen LogP contribution in [0.2, 0.25) is 0 Å². The first kappa shape index (κ1) is 16.8. The van der Waals surface area contributed by atoms with Gasteiger partial charge in [-0.25, -0.2) is 0 Å². The molecule has 5 nitrogen and oxygen atoms in total. The third-order valence-corrected chi connectivity index (χ3v) is 3.61. The molecule has 0 aliphatic rings. The van der Waals surface area contributed by atoms with Gasteiger partial charge < -0.3 is 21.1 Å². The van der Waals surface area contributed by atoms with Gasteiger partial charge in [-0.3, -0.25) is 4.79 Å². The summed E-state index contributed by atoms with van der Waals surface area (Å²) in [6.45, 7) is 1.86. The van der Waals surface area contributed by atoms with Gasteiger partial charge in [0.05, 0.1) is 5.92 Å². The van der Waals surface area contributed by atoms with Crippen molar-refractivity contribution in [3.63, 3.8) is 0 Å². The molecule has 0 heterocycles. The first-order valence-corrected chi connectivity index (χ1v) is 7.60. The Morgan fingerprint density at radius 3 is 2.26 bits per heavy atom. The van der Waals surface area contributed by atoms with Crippen LogP contribution in [0, 0.1) is 5.92 Å². The van der Waals surface area contributed by atoms with Crippen molar-refractivity contribution in [3.8, 4) is 0 Å². The number of benzene rings is 2. The summed E-state index contributed by atoms with van der Waals surface area (Å²) in [7, 11) is 0. The number of hydrogen-bond donors (Lipinski definition) is 3.